The molecule has 86 valence electrons. The van der Waals surface area contributed by atoms with Gasteiger partial charge in [-0.1, -0.05) is 23.4 Å². The van der Waals surface area contributed by atoms with E-state index in [-0.39, 0.29) is 6.03 Å². The summed E-state index contributed by atoms with van der Waals surface area (Å²) in [4.78, 5) is 14.0. The van der Waals surface area contributed by atoms with Crippen LogP contribution in [0.1, 0.15) is 11.1 Å². The van der Waals surface area contributed by atoms with Crippen molar-refractivity contribution in [1.29, 1.82) is 0 Å². The lowest BCUT2D eigenvalue weighted by molar-refractivity contribution is 0.245. The molecule has 0 spiro atoms. The highest BCUT2D eigenvalue weighted by Gasteiger charge is 2.27. The summed E-state index contributed by atoms with van der Waals surface area (Å²) >= 11 is 0. The molecule has 0 aliphatic carbocycles. The van der Waals surface area contributed by atoms with E-state index in [0.29, 0.717) is 6.54 Å². The highest BCUT2D eigenvalue weighted by atomic mass is 16.2. The molecule has 1 amide bonds. The zero-order valence-electron chi connectivity index (χ0n) is 9.50. The number of benzene rings is 1. The van der Waals surface area contributed by atoms with Crippen LogP contribution in [-0.4, -0.2) is 27.6 Å². The summed E-state index contributed by atoms with van der Waals surface area (Å²) in [7, 11) is 0. The minimum atomic E-state index is -0.143. The van der Waals surface area contributed by atoms with Gasteiger partial charge in [0, 0.05) is 6.54 Å². The first-order valence-corrected chi connectivity index (χ1v) is 5.54. The van der Waals surface area contributed by atoms with E-state index in [1.165, 1.54) is 16.4 Å². The number of aryl methyl sites for hydroxylation is 1. The van der Waals surface area contributed by atoms with Crippen LogP contribution in [0.3, 0.4) is 0 Å². The van der Waals surface area contributed by atoms with Gasteiger partial charge in [-0.2, -0.15) is 4.68 Å². The maximum absolute atomic E-state index is 12.2. The Hall–Kier alpha value is -2.17. The number of amides is 1. The Bertz CT molecular complexity index is 562. The van der Waals surface area contributed by atoms with E-state index in [4.69, 9.17) is 0 Å². The van der Waals surface area contributed by atoms with Crippen LogP contribution in [0.5, 0.6) is 0 Å². The summed E-state index contributed by atoms with van der Waals surface area (Å²) in [6, 6.07) is 5.97. The molecular formula is C12H12N4O. The van der Waals surface area contributed by atoms with Crippen LogP contribution in [0, 0.1) is 6.92 Å². The number of anilines is 1. The van der Waals surface area contributed by atoms with E-state index in [9.17, 15) is 4.79 Å². The minimum Gasteiger partial charge on any atom is -0.292 e. The van der Waals surface area contributed by atoms with Crippen molar-refractivity contribution in [3.05, 3.63) is 41.7 Å². The molecule has 0 saturated carbocycles. The molecule has 1 aliphatic rings. The molecule has 0 N–H and O–H groups in total. The Morgan fingerprint density at radius 3 is 3.06 bits per heavy atom. The van der Waals surface area contributed by atoms with Crippen LogP contribution in [0.4, 0.5) is 10.5 Å². The highest BCUT2D eigenvalue weighted by molar-refractivity contribution is 5.95. The monoisotopic (exact) mass is 228 g/mol. The standard InChI is InChI=1S/C12H12N4O/c1-9-3-2-4-10-5-7-15(11(9)10)12(17)16-8-6-13-14-16/h2-4,6,8H,5,7H2,1H3. The van der Waals surface area contributed by atoms with E-state index >= 15 is 0 Å². The molecule has 1 aliphatic heterocycles. The second-order valence-corrected chi connectivity index (χ2v) is 4.11. The van der Waals surface area contributed by atoms with Gasteiger partial charge in [-0.3, -0.25) is 4.90 Å². The predicted molar refractivity (Wildman–Crippen MR) is 63.0 cm³/mol. The molecule has 0 radical (unpaired) electrons. The number of fused-ring (bicyclic) bond motifs is 1. The smallest absolute Gasteiger partial charge is 0.292 e. The van der Waals surface area contributed by atoms with Crippen molar-refractivity contribution in [3.8, 4) is 0 Å². The first-order chi connectivity index (χ1) is 8.27. The van der Waals surface area contributed by atoms with Crippen LogP contribution < -0.4 is 4.90 Å². The SMILES string of the molecule is Cc1cccc2c1N(C(=O)n1ccnn1)CC2. The van der Waals surface area contributed by atoms with Gasteiger partial charge in [0.05, 0.1) is 18.1 Å². The molecule has 1 aromatic heterocycles. The maximum Gasteiger partial charge on any atom is 0.350 e. The lowest BCUT2D eigenvalue weighted by Crippen LogP contribution is -2.33. The Balaban J connectivity index is 2.02. The quantitative estimate of drug-likeness (QED) is 0.688. The van der Waals surface area contributed by atoms with Gasteiger partial charge in [-0.15, -0.1) is 5.10 Å². The summed E-state index contributed by atoms with van der Waals surface area (Å²) in [6.07, 6.45) is 3.97. The van der Waals surface area contributed by atoms with Gasteiger partial charge in [0.15, 0.2) is 0 Å². The van der Waals surface area contributed by atoms with Gasteiger partial charge < -0.3 is 0 Å². The average molecular weight is 228 g/mol. The minimum absolute atomic E-state index is 0.143. The van der Waals surface area contributed by atoms with Crippen LogP contribution >= 0.6 is 0 Å². The predicted octanol–water partition coefficient (Wildman–Crippen LogP) is 1.62. The lowest BCUT2D eigenvalue weighted by Gasteiger charge is -2.18. The first kappa shape index (κ1) is 10.0. The number of carbonyl (C=O) groups is 1. The van der Waals surface area contributed by atoms with E-state index in [0.717, 1.165) is 17.7 Å². The summed E-state index contributed by atoms with van der Waals surface area (Å²) in [5.74, 6) is 0. The van der Waals surface area contributed by atoms with Gasteiger partial charge >= 0.3 is 6.03 Å². The van der Waals surface area contributed by atoms with Gasteiger partial charge in [0.25, 0.3) is 0 Å². The average Bonchev–Trinajstić information content (AvgIpc) is 2.98. The molecule has 5 nitrogen and oxygen atoms in total. The molecule has 17 heavy (non-hydrogen) atoms. The van der Waals surface area contributed by atoms with E-state index in [1.807, 2.05) is 19.1 Å². The molecule has 2 aromatic rings. The number of aromatic nitrogens is 3. The summed E-state index contributed by atoms with van der Waals surface area (Å²) in [5, 5.41) is 7.40. The molecular weight excluding hydrogens is 216 g/mol. The fourth-order valence-corrected chi connectivity index (χ4v) is 2.28. The zero-order valence-corrected chi connectivity index (χ0v) is 9.50. The van der Waals surface area contributed by atoms with Crippen molar-refractivity contribution in [2.24, 2.45) is 0 Å². The molecule has 1 aromatic carbocycles. The molecule has 5 heteroatoms. The van der Waals surface area contributed by atoms with Gasteiger partial charge in [-0.25, -0.2) is 4.79 Å². The van der Waals surface area contributed by atoms with Crippen LogP contribution in [-0.2, 0) is 6.42 Å². The van der Waals surface area contributed by atoms with Crippen LogP contribution in [0.25, 0.3) is 0 Å². The summed E-state index contributed by atoms with van der Waals surface area (Å²) in [5.41, 5.74) is 3.36. The van der Waals surface area contributed by atoms with Crippen LogP contribution in [0.15, 0.2) is 30.6 Å². The topological polar surface area (TPSA) is 51.0 Å². The third-order valence-corrected chi connectivity index (χ3v) is 3.05. The van der Waals surface area contributed by atoms with Crippen LogP contribution in [0.2, 0.25) is 0 Å². The van der Waals surface area contributed by atoms with Crippen molar-refractivity contribution in [1.82, 2.24) is 15.0 Å². The van der Waals surface area contributed by atoms with Gasteiger partial charge in [0.1, 0.15) is 0 Å². The molecule has 2 heterocycles. The van der Waals surface area contributed by atoms with Gasteiger partial charge in [0.2, 0.25) is 0 Å². The summed E-state index contributed by atoms with van der Waals surface area (Å²) in [6.45, 7) is 2.73. The third kappa shape index (κ3) is 1.51. The Kier molecular flexibility index (Phi) is 2.18. The van der Waals surface area contributed by atoms with E-state index in [1.54, 1.807) is 11.1 Å². The fraction of sp³-hybridized carbons (Fsp3) is 0.250. The van der Waals surface area contributed by atoms with Gasteiger partial charge in [-0.05, 0) is 24.5 Å². The van der Waals surface area contributed by atoms with Crippen molar-refractivity contribution in [3.63, 3.8) is 0 Å². The first-order valence-electron chi connectivity index (χ1n) is 5.54. The Labute approximate surface area is 98.7 Å². The van der Waals surface area contributed by atoms with E-state index < -0.39 is 0 Å². The Morgan fingerprint density at radius 1 is 1.41 bits per heavy atom. The maximum atomic E-state index is 12.2. The fourth-order valence-electron chi connectivity index (χ4n) is 2.28. The number of hydrogen-bond acceptors (Lipinski definition) is 3. The molecule has 0 fully saturated rings. The number of hydrogen-bond donors (Lipinski definition) is 0. The molecule has 0 atom stereocenters. The van der Waals surface area contributed by atoms with Crippen molar-refractivity contribution < 1.29 is 4.79 Å². The molecule has 0 bridgehead atoms. The van der Waals surface area contributed by atoms with Crippen molar-refractivity contribution in [2.45, 2.75) is 13.3 Å². The van der Waals surface area contributed by atoms with Crippen molar-refractivity contribution in [2.75, 3.05) is 11.4 Å². The largest absolute Gasteiger partial charge is 0.350 e. The zero-order chi connectivity index (χ0) is 11.8. The van der Waals surface area contributed by atoms with Crippen molar-refractivity contribution >= 4 is 11.7 Å². The third-order valence-electron chi connectivity index (χ3n) is 3.05. The number of nitrogens with zero attached hydrogens (tertiary/aromatic N) is 4. The van der Waals surface area contributed by atoms with E-state index in [2.05, 4.69) is 16.4 Å². The second-order valence-electron chi connectivity index (χ2n) is 4.11. The molecule has 3 rings (SSSR count). The second kappa shape index (κ2) is 3.69. The lowest BCUT2D eigenvalue weighted by atomic mass is 10.1. The number of rotatable bonds is 0. The number of para-hydroxylation sites is 1. The molecule has 0 unspecified atom stereocenters. The highest BCUT2D eigenvalue weighted by Crippen LogP contribution is 2.31. The number of carbonyl (C=O) groups excluding carboxylic acids is 1. The summed E-state index contributed by atoms with van der Waals surface area (Å²) < 4.78 is 1.27. The Morgan fingerprint density at radius 2 is 2.29 bits per heavy atom. The molecule has 0 saturated heterocycles. The normalized spacial score (nSPS) is 13.8.